The fourth-order valence-corrected chi connectivity index (χ4v) is 3.07. The smallest absolute Gasteiger partial charge is 0.324 e. The molecule has 0 unspecified atom stereocenters. The molecule has 0 aliphatic heterocycles. The third-order valence-electron chi connectivity index (χ3n) is 3.54. The van der Waals surface area contributed by atoms with Gasteiger partial charge in [0, 0.05) is 10.5 Å². The lowest BCUT2D eigenvalue weighted by atomic mass is 9.91. The van der Waals surface area contributed by atoms with E-state index < -0.39 is 11.7 Å². The van der Waals surface area contributed by atoms with Gasteiger partial charge in [-0.2, -0.15) is 13.2 Å². The van der Waals surface area contributed by atoms with Crippen LogP contribution in [0.5, 0.6) is 0 Å². The molecule has 2 rings (SSSR count). The molecule has 1 aliphatic carbocycles. The summed E-state index contributed by atoms with van der Waals surface area (Å²) in [6, 6.07) is 3.66. The Labute approximate surface area is 113 Å². The Bertz CT molecular complexity index is 425. The Morgan fingerprint density at radius 1 is 1.17 bits per heavy atom. The van der Waals surface area contributed by atoms with E-state index in [9.17, 15) is 13.2 Å². The minimum absolute atomic E-state index is 0.300. The van der Waals surface area contributed by atoms with Crippen LogP contribution in [0.3, 0.4) is 0 Å². The first-order valence-electron chi connectivity index (χ1n) is 6.01. The number of hydrogen-bond acceptors (Lipinski definition) is 1. The van der Waals surface area contributed by atoms with Crippen LogP contribution in [0.25, 0.3) is 0 Å². The second-order valence-corrected chi connectivity index (χ2v) is 5.76. The first-order chi connectivity index (χ1) is 8.38. The summed E-state index contributed by atoms with van der Waals surface area (Å²) in [5, 5.41) is 0. The van der Waals surface area contributed by atoms with Crippen LogP contribution in [0.2, 0.25) is 0 Å². The zero-order valence-corrected chi connectivity index (χ0v) is 11.4. The van der Waals surface area contributed by atoms with Crippen molar-refractivity contribution < 1.29 is 13.2 Å². The SMILES string of the molecule is N[C@H](c1cc(Br)cc(C(F)(F)F)c1)C1CCCC1. The van der Waals surface area contributed by atoms with Gasteiger partial charge in [-0.05, 0) is 42.5 Å². The largest absolute Gasteiger partial charge is 0.416 e. The van der Waals surface area contributed by atoms with Crippen LogP contribution in [-0.4, -0.2) is 0 Å². The van der Waals surface area contributed by atoms with Gasteiger partial charge in [-0.1, -0.05) is 28.8 Å². The molecule has 18 heavy (non-hydrogen) atoms. The highest BCUT2D eigenvalue weighted by Crippen LogP contribution is 2.38. The van der Waals surface area contributed by atoms with Crippen LogP contribution in [0, 0.1) is 5.92 Å². The monoisotopic (exact) mass is 321 g/mol. The molecule has 0 heterocycles. The first-order valence-corrected chi connectivity index (χ1v) is 6.80. The summed E-state index contributed by atoms with van der Waals surface area (Å²) in [7, 11) is 0. The van der Waals surface area contributed by atoms with E-state index in [1.807, 2.05) is 0 Å². The molecule has 5 heteroatoms. The van der Waals surface area contributed by atoms with E-state index in [0.717, 1.165) is 31.7 Å². The van der Waals surface area contributed by atoms with Crippen LogP contribution in [0.1, 0.15) is 42.9 Å². The molecule has 1 saturated carbocycles. The van der Waals surface area contributed by atoms with Gasteiger partial charge in [-0.25, -0.2) is 0 Å². The number of nitrogens with two attached hydrogens (primary N) is 1. The highest BCUT2D eigenvalue weighted by molar-refractivity contribution is 9.10. The van der Waals surface area contributed by atoms with E-state index in [4.69, 9.17) is 5.73 Å². The van der Waals surface area contributed by atoms with Crippen LogP contribution < -0.4 is 5.73 Å². The van der Waals surface area contributed by atoms with E-state index >= 15 is 0 Å². The van der Waals surface area contributed by atoms with Crippen molar-refractivity contribution in [3.05, 3.63) is 33.8 Å². The molecule has 1 aliphatic rings. The third-order valence-corrected chi connectivity index (χ3v) is 4.00. The van der Waals surface area contributed by atoms with Crippen molar-refractivity contribution in [1.82, 2.24) is 0 Å². The predicted molar refractivity (Wildman–Crippen MR) is 68.0 cm³/mol. The second kappa shape index (κ2) is 5.21. The summed E-state index contributed by atoms with van der Waals surface area (Å²) in [6.07, 6.45) is -0.0605. The average Bonchev–Trinajstić information content (AvgIpc) is 2.79. The lowest BCUT2D eigenvalue weighted by Gasteiger charge is -2.20. The van der Waals surface area contributed by atoms with Crippen molar-refractivity contribution in [1.29, 1.82) is 0 Å². The van der Waals surface area contributed by atoms with E-state index in [1.165, 1.54) is 6.07 Å². The maximum Gasteiger partial charge on any atom is 0.416 e. The quantitative estimate of drug-likeness (QED) is 0.842. The molecule has 1 nitrogen and oxygen atoms in total. The number of hydrogen-bond donors (Lipinski definition) is 1. The summed E-state index contributed by atoms with van der Waals surface area (Å²) < 4.78 is 38.6. The van der Waals surface area contributed by atoms with Crippen molar-refractivity contribution in [3.63, 3.8) is 0 Å². The summed E-state index contributed by atoms with van der Waals surface area (Å²) in [6.45, 7) is 0. The molecular weight excluding hydrogens is 307 g/mol. The summed E-state index contributed by atoms with van der Waals surface area (Å²) in [4.78, 5) is 0. The van der Waals surface area contributed by atoms with Gasteiger partial charge >= 0.3 is 6.18 Å². The second-order valence-electron chi connectivity index (χ2n) is 4.84. The number of rotatable bonds is 2. The molecular formula is C13H15BrF3N. The van der Waals surface area contributed by atoms with Crippen LogP contribution in [0.15, 0.2) is 22.7 Å². The molecule has 1 atom stereocenters. The van der Waals surface area contributed by atoms with Gasteiger partial charge in [-0.3, -0.25) is 0 Å². The fraction of sp³-hybridized carbons (Fsp3) is 0.538. The summed E-state index contributed by atoms with van der Waals surface area (Å²) >= 11 is 3.13. The summed E-state index contributed by atoms with van der Waals surface area (Å²) in [5.41, 5.74) is 6.03. The third kappa shape index (κ3) is 3.06. The van der Waals surface area contributed by atoms with Gasteiger partial charge in [-0.15, -0.1) is 0 Å². The Hall–Kier alpha value is -0.550. The Balaban J connectivity index is 2.29. The molecule has 0 aromatic heterocycles. The van der Waals surface area contributed by atoms with E-state index in [0.29, 0.717) is 16.0 Å². The molecule has 1 aromatic carbocycles. The van der Waals surface area contributed by atoms with Gasteiger partial charge in [0.2, 0.25) is 0 Å². The summed E-state index contributed by atoms with van der Waals surface area (Å²) in [5.74, 6) is 0.306. The number of alkyl halides is 3. The van der Waals surface area contributed by atoms with Crippen molar-refractivity contribution in [3.8, 4) is 0 Å². The van der Waals surface area contributed by atoms with Crippen molar-refractivity contribution in [2.75, 3.05) is 0 Å². The van der Waals surface area contributed by atoms with Crippen LogP contribution in [0.4, 0.5) is 13.2 Å². The molecule has 0 amide bonds. The van der Waals surface area contributed by atoms with E-state index in [2.05, 4.69) is 15.9 Å². The van der Waals surface area contributed by atoms with Crippen LogP contribution in [-0.2, 0) is 6.18 Å². The topological polar surface area (TPSA) is 26.0 Å². The fourth-order valence-electron chi connectivity index (χ4n) is 2.56. The van der Waals surface area contributed by atoms with Gasteiger partial charge < -0.3 is 5.73 Å². The standard InChI is InChI=1S/C13H15BrF3N/c14-11-6-9(5-10(7-11)13(15,16)17)12(18)8-3-1-2-4-8/h5-8,12H,1-4,18H2/t12-/m0/s1. The highest BCUT2D eigenvalue weighted by Gasteiger charge is 2.32. The Kier molecular flexibility index (Phi) is 4.02. The van der Waals surface area contributed by atoms with Crippen molar-refractivity contribution in [2.24, 2.45) is 11.7 Å². The maximum atomic E-state index is 12.7. The normalized spacial score (nSPS) is 19.2. The minimum Gasteiger partial charge on any atom is -0.324 e. The molecule has 0 radical (unpaired) electrons. The number of benzene rings is 1. The van der Waals surface area contributed by atoms with Gasteiger partial charge in [0.25, 0.3) is 0 Å². The molecule has 0 spiro atoms. The van der Waals surface area contributed by atoms with Crippen molar-refractivity contribution >= 4 is 15.9 Å². The minimum atomic E-state index is -4.33. The Morgan fingerprint density at radius 3 is 2.33 bits per heavy atom. The number of halogens is 4. The lowest BCUT2D eigenvalue weighted by molar-refractivity contribution is -0.137. The molecule has 100 valence electrons. The molecule has 2 N–H and O–H groups in total. The van der Waals surface area contributed by atoms with Gasteiger partial charge in [0.05, 0.1) is 5.56 Å². The molecule has 0 bridgehead atoms. The predicted octanol–water partition coefficient (Wildman–Crippen LogP) is 4.66. The molecule has 1 fully saturated rings. The maximum absolute atomic E-state index is 12.7. The van der Waals surface area contributed by atoms with Crippen LogP contribution >= 0.6 is 15.9 Å². The van der Waals surface area contributed by atoms with Crippen molar-refractivity contribution in [2.45, 2.75) is 37.9 Å². The molecule has 0 saturated heterocycles. The highest BCUT2D eigenvalue weighted by atomic mass is 79.9. The van der Waals surface area contributed by atoms with Gasteiger partial charge in [0.1, 0.15) is 0 Å². The first kappa shape index (κ1) is 13.9. The molecule has 1 aromatic rings. The zero-order chi connectivity index (χ0) is 13.3. The van der Waals surface area contributed by atoms with E-state index in [-0.39, 0.29) is 6.04 Å². The lowest BCUT2D eigenvalue weighted by Crippen LogP contribution is -2.20. The average molecular weight is 322 g/mol. The zero-order valence-electron chi connectivity index (χ0n) is 9.80. The van der Waals surface area contributed by atoms with Gasteiger partial charge in [0.15, 0.2) is 0 Å². The van der Waals surface area contributed by atoms with E-state index in [1.54, 1.807) is 6.07 Å². The Morgan fingerprint density at radius 2 is 1.78 bits per heavy atom.